The van der Waals surface area contributed by atoms with Crippen molar-refractivity contribution < 1.29 is 14.3 Å². The Bertz CT molecular complexity index is 977. The van der Waals surface area contributed by atoms with E-state index in [4.69, 9.17) is 4.74 Å². The Labute approximate surface area is 171 Å². The molecular weight excluding hydrogens is 360 g/mol. The first kappa shape index (κ1) is 19.3. The second kappa shape index (κ2) is 7.09. The van der Waals surface area contributed by atoms with Crippen LogP contribution < -0.4 is 0 Å². The Morgan fingerprint density at radius 2 is 1.17 bits per heavy atom. The van der Waals surface area contributed by atoms with Crippen LogP contribution in [-0.4, -0.2) is 17.2 Å². The highest BCUT2D eigenvalue weighted by atomic mass is 16.6. The molecule has 1 fully saturated rings. The third kappa shape index (κ3) is 3.43. The summed E-state index contributed by atoms with van der Waals surface area (Å²) in [7, 11) is 0. The number of rotatable bonds is 5. The average molecular weight is 384 g/mol. The third-order valence-corrected chi connectivity index (χ3v) is 5.44. The van der Waals surface area contributed by atoms with E-state index in [-0.39, 0.29) is 17.0 Å². The molecule has 3 heteroatoms. The maximum absolute atomic E-state index is 13.4. The molecule has 3 nitrogen and oxygen atoms in total. The molecule has 0 amide bonds. The molecule has 4 rings (SSSR count). The van der Waals surface area contributed by atoms with E-state index in [2.05, 4.69) is 20.8 Å². The summed E-state index contributed by atoms with van der Waals surface area (Å²) in [5.74, 6) is -0.589. The van der Waals surface area contributed by atoms with Gasteiger partial charge in [0.1, 0.15) is 6.10 Å². The van der Waals surface area contributed by atoms with Gasteiger partial charge < -0.3 is 4.74 Å². The molecule has 3 aromatic carbocycles. The summed E-state index contributed by atoms with van der Waals surface area (Å²) in [6.07, 6.45) is -0.586. The first-order valence-corrected chi connectivity index (χ1v) is 9.82. The number of hydrogen-bond donors (Lipinski definition) is 0. The molecule has 0 unspecified atom stereocenters. The SMILES string of the molecule is CC(C)(C)c1ccc([C@H]2OC2(C(=O)c2ccccc2)C(=O)c2ccccc2)cc1. The van der Waals surface area contributed by atoms with Gasteiger partial charge in [-0.25, -0.2) is 0 Å². The summed E-state index contributed by atoms with van der Waals surface area (Å²) in [4.78, 5) is 26.8. The Morgan fingerprint density at radius 1 is 0.724 bits per heavy atom. The lowest BCUT2D eigenvalue weighted by Crippen LogP contribution is -2.35. The van der Waals surface area contributed by atoms with Gasteiger partial charge in [0, 0.05) is 11.1 Å². The predicted molar refractivity (Wildman–Crippen MR) is 113 cm³/mol. The zero-order valence-corrected chi connectivity index (χ0v) is 16.9. The average Bonchev–Trinajstić information content (AvgIpc) is 3.50. The minimum atomic E-state index is -1.51. The van der Waals surface area contributed by atoms with Crippen LogP contribution in [0.15, 0.2) is 84.9 Å². The van der Waals surface area contributed by atoms with Gasteiger partial charge in [-0.2, -0.15) is 0 Å². The fourth-order valence-electron chi connectivity index (χ4n) is 3.67. The summed E-state index contributed by atoms with van der Waals surface area (Å²) in [5, 5.41) is 0. The van der Waals surface area contributed by atoms with Gasteiger partial charge in [0.15, 0.2) is 0 Å². The normalized spacial score (nSPS) is 17.6. The molecule has 1 heterocycles. The number of ketones is 2. The number of carbonyl (C=O) groups is 2. The maximum atomic E-state index is 13.4. The second-order valence-electron chi connectivity index (χ2n) is 8.50. The molecule has 1 saturated heterocycles. The molecule has 0 N–H and O–H groups in total. The highest BCUT2D eigenvalue weighted by molar-refractivity contribution is 6.25. The van der Waals surface area contributed by atoms with E-state index in [0.717, 1.165) is 5.56 Å². The summed E-state index contributed by atoms with van der Waals surface area (Å²) in [6, 6.07) is 25.8. The predicted octanol–water partition coefficient (Wildman–Crippen LogP) is 5.56. The monoisotopic (exact) mass is 384 g/mol. The fraction of sp³-hybridized carbons (Fsp3) is 0.231. The van der Waals surface area contributed by atoms with Gasteiger partial charge in [0.25, 0.3) is 0 Å². The Balaban J connectivity index is 1.73. The van der Waals surface area contributed by atoms with Crippen molar-refractivity contribution in [2.24, 2.45) is 0 Å². The van der Waals surface area contributed by atoms with Crippen molar-refractivity contribution in [2.45, 2.75) is 37.9 Å². The fourth-order valence-corrected chi connectivity index (χ4v) is 3.67. The minimum absolute atomic E-state index is 0.0275. The van der Waals surface area contributed by atoms with Crippen LogP contribution in [0.1, 0.15) is 58.7 Å². The van der Waals surface area contributed by atoms with Crippen molar-refractivity contribution in [3.63, 3.8) is 0 Å². The van der Waals surface area contributed by atoms with Gasteiger partial charge in [-0.15, -0.1) is 0 Å². The van der Waals surface area contributed by atoms with Gasteiger partial charge in [0.2, 0.25) is 17.2 Å². The number of benzene rings is 3. The molecule has 29 heavy (non-hydrogen) atoms. The van der Waals surface area contributed by atoms with Crippen LogP contribution in [0.3, 0.4) is 0 Å². The summed E-state index contributed by atoms with van der Waals surface area (Å²) in [5.41, 5.74) is 1.50. The zero-order valence-electron chi connectivity index (χ0n) is 16.9. The molecule has 0 aromatic heterocycles. The molecule has 1 aliphatic heterocycles. The van der Waals surface area contributed by atoms with E-state index in [0.29, 0.717) is 11.1 Å². The number of Topliss-reactive ketones (excluding diaryl/α,β-unsaturated/α-hetero) is 2. The van der Waals surface area contributed by atoms with E-state index in [1.165, 1.54) is 5.56 Å². The molecular formula is C26H24O3. The molecule has 0 aliphatic carbocycles. The first-order chi connectivity index (χ1) is 13.8. The van der Waals surface area contributed by atoms with Gasteiger partial charge in [0.05, 0.1) is 0 Å². The van der Waals surface area contributed by atoms with E-state index < -0.39 is 11.7 Å². The number of ether oxygens (including phenoxy) is 1. The number of hydrogen-bond acceptors (Lipinski definition) is 3. The van der Waals surface area contributed by atoms with Crippen LogP contribution >= 0.6 is 0 Å². The second-order valence-corrected chi connectivity index (χ2v) is 8.50. The topological polar surface area (TPSA) is 46.7 Å². The Kier molecular flexibility index (Phi) is 4.71. The summed E-state index contributed by atoms with van der Waals surface area (Å²) < 4.78 is 5.95. The molecule has 0 radical (unpaired) electrons. The van der Waals surface area contributed by atoms with Crippen LogP contribution in [0.25, 0.3) is 0 Å². The van der Waals surface area contributed by atoms with Crippen LogP contribution in [0.5, 0.6) is 0 Å². The molecule has 1 aliphatic rings. The molecule has 1 atom stereocenters. The maximum Gasteiger partial charge on any atom is 0.224 e. The quantitative estimate of drug-likeness (QED) is 0.329. The van der Waals surface area contributed by atoms with Gasteiger partial charge in [-0.1, -0.05) is 106 Å². The van der Waals surface area contributed by atoms with Gasteiger partial charge >= 0.3 is 0 Å². The van der Waals surface area contributed by atoms with Crippen molar-refractivity contribution >= 4 is 11.6 Å². The number of epoxide rings is 1. The van der Waals surface area contributed by atoms with E-state index in [1.54, 1.807) is 48.5 Å². The van der Waals surface area contributed by atoms with Crippen molar-refractivity contribution in [3.05, 3.63) is 107 Å². The first-order valence-electron chi connectivity index (χ1n) is 9.82. The van der Waals surface area contributed by atoms with Crippen LogP contribution in [0.4, 0.5) is 0 Å². The van der Waals surface area contributed by atoms with Gasteiger partial charge in [-0.3, -0.25) is 9.59 Å². The van der Waals surface area contributed by atoms with E-state index in [1.807, 2.05) is 36.4 Å². The molecule has 3 aromatic rings. The molecule has 0 bridgehead atoms. The van der Waals surface area contributed by atoms with E-state index in [9.17, 15) is 9.59 Å². The van der Waals surface area contributed by atoms with Crippen molar-refractivity contribution in [3.8, 4) is 0 Å². The Hall–Kier alpha value is -3.04. The largest absolute Gasteiger partial charge is 0.344 e. The van der Waals surface area contributed by atoms with E-state index >= 15 is 0 Å². The smallest absolute Gasteiger partial charge is 0.224 e. The molecule has 0 saturated carbocycles. The molecule has 0 spiro atoms. The van der Waals surface area contributed by atoms with Crippen molar-refractivity contribution in [1.29, 1.82) is 0 Å². The lowest BCUT2D eigenvalue weighted by Gasteiger charge is -2.19. The van der Waals surface area contributed by atoms with Crippen molar-refractivity contribution in [1.82, 2.24) is 0 Å². The highest BCUT2D eigenvalue weighted by Crippen LogP contribution is 2.53. The zero-order chi connectivity index (χ0) is 20.6. The lowest BCUT2D eigenvalue weighted by atomic mass is 9.83. The summed E-state index contributed by atoms with van der Waals surface area (Å²) >= 11 is 0. The highest BCUT2D eigenvalue weighted by Gasteiger charge is 2.68. The third-order valence-electron chi connectivity index (χ3n) is 5.44. The lowest BCUT2D eigenvalue weighted by molar-refractivity contribution is 0.0752. The number of carbonyl (C=O) groups excluding carboxylic acids is 2. The minimum Gasteiger partial charge on any atom is -0.344 e. The standard InChI is InChI=1S/C26H24O3/c1-25(2,3)21-16-14-20(15-17-21)24-26(29-24,22(27)18-10-6-4-7-11-18)23(28)19-12-8-5-9-13-19/h4-17,24H,1-3H3/t24-/m1/s1. The Morgan fingerprint density at radius 3 is 1.59 bits per heavy atom. The van der Waals surface area contributed by atoms with Gasteiger partial charge in [-0.05, 0) is 16.5 Å². The summed E-state index contributed by atoms with van der Waals surface area (Å²) in [6.45, 7) is 6.45. The van der Waals surface area contributed by atoms with Crippen LogP contribution in [-0.2, 0) is 10.2 Å². The van der Waals surface area contributed by atoms with Crippen LogP contribution in [0, 0.1) is 0 Å². The van der Waals surface area contributed by atoms with Crippen LogP contribution in [0.2, 0.25) is 0 Å². The van der Waals surface area contributed by atoms with Crippen molar-refractivity contribution in [2.75, 3.05) is 0 Å². The molecule has 146 valence electrons.